The zero-order chi connectivity index (χ0) is 16.3. The predicted octanol–water partition coefficient (Wildman–Crippen LogP) is 3.16. The van der Waals surface area contributed by atoms with E-state index < -0.39 is 12.0 Å². The Hall–Kier alpha value is -2.30. The number of benzene rings is 1. The summed E-state index contributed by atoms with van der Waals surface area (Å²) >= 11 is 0. The molecule has 0 aliphatic heterocycles. The second-order valence-electron chi connectivity index (χ2n) is 5.61. The van der Waals surface area contributed by atoms with Gasteiger partial charge < -0.3 is 15.4 Å². The molecule has 2 rings (SSSR count). The highest BCUT2D eigenvalue weighted by molar-refractivity contribution is 6.07. The highest BCUT2D eigenvalue weighted by Gasteiger charge is 2.21. The molecule has 0 bridgehead atoms. The number of unbranched alkanes of at least 4 members (excludes halogenated alkanes) is 1. The van der Waals surface area contributed by atoms with Gasteiger partial charge in [0.25, 0.3) is 5.91 Å². The van der Waals surface area contributed by atoms with Crippen molar-refractivity contribution >= 4 is 22.8 Å². The number of hydrogen-bond acceptors (Lipinski definition) is 2. The van der Waals surface area contributed by atoms with Crippen LogP contribution in [0.15, 0.2) is 18.2 Å². The lowest BCUT2D eigenvalue weighted by atomic mass is 10.1. The van der Waals surface area contributed by atoms with Gasteiger partial charge in [-0.3, -0.25) is 4.79 Å². The van der Waals surface area contributed by atoms with Crippen molar-refractivity contribution in [2.75, 3.05) is 0 Å². The van der Waals surface area contributed by atoms with Gasteiger partial charge in [-0.1, -0.05) is 31.9 Å². The highest BCUT2D eigenvalue weighted by Crippen LogP contribution is 2.24. The van der Waals surface area contributed by atoms with Crippen molar-refractivity contribution in [3.8, 4) is 0 Å². The summed E-state index contributed by atoms with van der Waals surface area (Å²) in [5, 5.41) is 12.9. The molecule has 118 valence electrons. The van der Waals surface area contributed by atoms with Crippen LogP contribution in [0.5, 0.6) is 0 Å². The molecule has 22 heavy (non-hydrogen) atoms. The highest BCUT2D eigenvalue weighted by atomic mass is 16.4. The van der Waals surface area contributed by atoms with Gasteiger partial charge in [-0.25, -0.2) is 4.79 Å². The summed E-state index contributed by atoms with van der Waals surface area (Å²) < 4.78 is 0. The number of carboxylic acid groups (broad SMARTS) is 1. The van der Waals surface area contributed by atoms with Gasteiger partial charge in [0.15, 0.2) is 0 Å². The first-order chi connectivity index (χ1) is 10.5. The van der Waals surface area contributed by atoms with Crippen LogP contribution in [-0.4, -0.2) is 28.0 Å². The van der Waals surface area contributed by atoms with Crippen LogP contribution in [0.2, 0.25) is 0 Å². The van der Waals surface area contributed by atoms with E-state index in [-0.39, 0.29) is 5.91 Å². The Kier molecular flexibility index (Phi) is 4.85. The minimum absolute atomic E-state index is 0.352. The zero-order valence-electron chi connectivity index (χ0n) is 13.2. The summed E-state index contributed by atoms with van der Waals surface area (Å²) in [4.78, 5) is 26.9. The molecule has 3 N–H and O–H groups in total. The first kappa shape index (κ1) is 16.1. The monoisotopic (exact) mass is 302 g/mol. The van der Waals surface area contributed by atoms with Gasteiger partial charge >= 0.3 is 5.97 Å². The van der Waals surface area contributed by atoms with E-state index in [1.165, 1.54) is 0 Å². The number of aromatic nitrogens is 1. The standard InChI is InChI=1S/C17H22N2O3/c1-4-5-9-14(17(21)22)19-16(20)13-8-6-7-12-10(2)11(3)18-15(12)13/h6-8,14,18H,4-5,9H2,1-3H3,(H,19,20)(H,21,22). The average Bonchev–Trinajstić information content (AvgIpc) is 2.78. The van der Waals surface area contributed by atoms with Crippen LogP contribution in [-0.2, 0) is 4.79 Å². The molecule has 1 heterocycles. The van der Waals surface area contributed by atoms with E-state index >= 15 is 0 Å². The van der Waals surface area contributed by atoms with E-state index in [4.69, 9.17) is 0 Å². The largest absolute Gasteiger partial charge is 0.480 e. The van der Waals surface area contributed by atoms with Crippen LogP contribution in [0, 0.1) is 13.8 Å². The molecule has 0 saturated carbocycles. The van der Waals surface area contributed by atoms with Crippen molar-refractivity contribution in [3.63, 3.8) is 0 Å². The summed E-state index contributed by atoms with van der Waals surface area (Å²) in [6, 6.07) is 4.64. The van der Waals surface area contributed by atoms with Crippen molar-refractivity contribution in [1.29, 1.82) is 0 Å². The molecule has 1 atom stereocenters. The van der Waals surface area contributed by atoms with E-state index in [9.17, 15) is 14.7 Å². The van der Waals surface area contributed by atoms with E-state index in [2.05, 4.69) is 10.3 Å². The van der Waals surface area contributed by atoms with Gasteiger partial charge in [0, 0.05) is 11.1 Å². The molecule has 1 aromatic heterocycles. The van der Waals surface area contributed by atoms with Crippen molar-refractivity contribution in [2.24, 2.45) is 0 Å². The third-order valence-electron chi connectivity index (χ3n) is 4.04. The van der Waals surface area contributed by atoms with Crippen molar-refractivity contribution in [3.05, 3.63) is 35.0 Å². The Bertz CT molecular complexity index is 703. The van der Waals surface area contributed by atoms with Crippen LogP contribution >= 0.6 is 0 Å². The maximum Gasteiger partial charge on any atom is 0.326 e. The maximum atomic E-state index is 12.5. The van der Waals surface area contributed by atoms with Crippen LogP contribution in [0.3, 0.4) is 0 Å². The molecule has 0 aliphatic rings. The van der Waals surface area contributed by atoms with Crippen LogP contribution in [0.4, 0.5) is 0 Å². The molecule has 0 spiro atoms. The lowest BCUT2D eigenvalue weighted by Gasteiger charge is -2.14. The Labute approximate surface area is 129 Å². The molecule has 1 aromatic carbocycles. The number of amides is 1. The molecule has 0 aliphatic carbocycles. The van der Waals surface area contributed by atoms with Crippen molar-refractivity contribution in [2.45, 2.75) is 46.1 Å². The molecular formula is C17H22N2O3. The summed E-state index contributed by atoms with van der Waals surface area (Å²) in [5.41, 5.74) is 3.35. The smallest absolute Gasteiger partial charge is 0.326 e. The number of carboxylic acids is 1. The van der Waals surface area contributed by atoms with Crippen molar-refractivity contribution < 1.29 is 14.7 Å². The fourth-order valence-electron chi connectivity index (χ4n) is 2.57. The summed E-state index contributed by atoms with van der Waals surface area (Å²) in [6.07, 6.45) is 2.10. The number of para-hydroxylation sites is 1. The molecule has 0 saturated heterocycles. The third-order valence-corrected chi connectivity index (χ3v) is 4.04. The van der Waals surface area contributed by atoms with Gasteiger partial charge in [0.2, 0.25) is 0 Å². The van der Waals surface area contributed by atoms with Gasteiger partial charge in [-0.2, -0.15) is 0 Å². The summed E-state index contributed by atoms with van der Waals surface area (Å²) in [7, 11) is 0. The fourth-order valence-corrected chi connectivity index (χ4v) is 2.57. The summed E-state index contributed by atoms with van der Waals surface area (Å²) in [5.74, 6) is -1.34. The lowest BCUT2D eigenvalue weighted by Crippen LogP contribution is -2.40. The first-order valence-corrected chi connectivity index (χ1v) is 7.57. The Morgan fingerprint density at radius 2 is 2.05 bits per heavy atom. The molecule has 0 fully saturated rings. The molecule has 1 unspecified atom stereocenters. The third kappa shape index (κ3) is 3.13. The van der Waals surface area contributed by atoms with Crippen LogP contribution in [0.25, 0.3) is 10.9 Å². The minimum Gasteiger partial charge on any atom is -0.480 e. The number of aliphatic carboxylic acids is 1. The number of fused-ring (bicyclic) bond motifs is 1. The second-order valence-corrected chi connectivity index (χ2v) is 5.61. The number of aryl methyl sites for hydroxylation is 2. The Morgan fingerprint density at radius 3 is 2.68 bits per heavy atom. The van der Waals surface area contributed by atoms with E-state index in [0.717, 1.165) is 35.0 Å². The second kappa shape index (κ2) is 6.64. The van der Waals surface area contributed by atoms with Gasteiger partial charge in [-0.05, 0) is 31.9 Å². The topological polar surface area (TPSA) is 82.2 Å². The molecule has 5 nitrogen and oxygen atoms in total. The van der Waals surface area contributed by atoms with Gasteiger partial charge in [-0.15, -0.1) is 0 Å². The van der Waals surface area contributed by atoms with E-state index in [1.807, 2.05) is 32.9 Å². The number of hydrogen-bond donors (Lipinski definition) is 3. The lowest BCUT2D eigenvalue weighted by molar-refractivity contribution is -0.139. The average molecular weight is 302 g/mol. The zero-order valence-corrected chi connectivity index (χ0v) is 13.2. The SMILES string of the molecule is CCCCC(NC(=O)c1cccc2c(C)c(C)[nH]c12)C(=O)O. The normalized spacial score (nSPS) is 12.3. The van der Waals surface area contributed by atoms with E-state index in [0.29, 0.717) is 12.0 Å². The molecule has 1 amide bonds. The number of nitrogens with one attached hydrogen (secondary N) is 2. The number of aromatic amines is 1. The molecule has 5 heteroatoms. The number of rotatable bonds is 6. The fraction of sp³-hybridized carbons (Fsp3) is 0.412. The minimum atomic E-state index is -0.993. The quantitative estimate of drug-likeness (QED) is 0.766. The first-order valence-electron chi connectivity index (χ1n) is 7.57. The predicted molar refractivity (Wildman–Crippen MR) is 86.2 cm³/mol. The Balaban J connectivity index is 2.29. The molecule has 2 aromatic rings. The number of carbonyl (C=O) groups excluding carboxylic acids is 1. The number of carbonyl (C=O) groups is 2. The number of H-pyrrole nitrogens is 1. The van der Waals surface area contributed by atoms with Crippen molar-refractivity contribution in [1.82, 2.24) is 10.3 Å². The summed E-state index contributed by atoms with van der Waals surface area (Å²) in [6.45, 7) is 5.95. The van der Waals surface area contributed by atoms with Crippen LogP contribution in [0.1, 0.15) is 47.8 Å². The Morgan fingerprint density at radius 1 is 1.32 bits per heavy atom. The molecule has 0 radical (unpaired) electrons. The molecular weight excluding hydrogens is 280 g/mol. The van der Waals surface area contributed by atoms with E-state index in [1.54, 1.807) is 6.07 Å². The van der Waals surface area contributed by atoms with Gasteiger partial charge in [0.05, 0.1) is 11.1 Å². The van der Waals surface area contributed by atoms with Crippen LogP contribution < -0.4 is 5.32 Å². The maximum absolute atomic E-state index is 12.5. The van der Waals surface area contributed by atoms with Gasteiger partial charge in [0.1, 0.15) is 6.04 Å².